The summed E-state index contributed by atoms with van der Waals surface area (Å²) in [5.74, 6) is -0.0328. The van der Waals surface area contributed by atoms with Crippen molar-refractivity contribution in [2.45, 2.75) is 13.0 Å². The zero-order valence-corrected chi connectivity index (χ0v) is 11.1. The van der Waals surface area contributed by atoms with Crippen LogP contribution in [0.5, 0.6) is 5.75 Å². The van der Waals surface area contributed by atoms with Crippen molar-refractivity contribution < 1.29 is 9.53 Å². The van der Waals surface area contributed by atoms with Crippen LogP contribution in [0.3, 0.4) is 0 Å². The van der Waals surface area contributed by atoms with Gasteiger partial charge >= 0.3 is 5.97 Å². The van der Waals surface area contributed by atoms with Crippen LogP contribution in [0.1, 0.15) is 6.92 Å². The predicted molar refractivity (Wildman–Crippen MR) is 76.3 cm³/mol. The van der Waals surface area contributed by atoms with Gasteiger partial charge in [-0.1, -0.05) is 18.2 Å². The topological polar surface area (TPSA) is 77.0 Å². The molecule has 0 aromatic heterocycles. The number of nitrogens with two attached hydrogens (primary N) is 1. The lowest BCUT2D eigenvalue weighted by Crippen LogP contribution is -2.30. The average Bonchev–Trinajstić information content (AvgIpc) is 2.47. The van der Waals surface area contributed by atoms with E-state index >= 15 is 0 Å². The van der Waals surface area contributed by atoms with Gasteiger partial charge in [0.2, 0.25) is 0 Å². The molecule has 0 amide bonds. The molecule has 0 unspecified atom stereocenters. The summed E-state index contributed by atoms with van der Waals surface area (Å²) < 4.78 is 5.06. The molecule has 102 valence electrons. The van der Waals surface area contributed by atoms with Gasteiger partial charge in [-0.3, -0.25) is 0 Å². The number of carbonyl (C=O) groups excluding carboxylic acids is 1. The molecule has 0 radical (unpaired) electrons. The Hall–Kier alpha value is -2.53. The molecule has 5 nitrogen and oxygen atoms in total. The van der Waals surface area contributed by atoms with E-state index in [1.54, 1.807) is 31.2 Å². The molecule has 0 aliphatic heterocycles. The van der Waals surface area contributed by atoms with Crippen molar-refractivity contribution in [2.75, 3.05) is 0 Å². The van der Waals surface area contributed by atoms with E-state index in [0.29, 0.717) is 11.4 Å². The summed E-state index contributed by atoms with van der Waals surface area (Å²) in [5.41, 5.74) is 6.87. The largest absolute Gasteiger partial charge is 0.425 e. The highest BCUT2D eigenvalue weighted by atomic mass is 16.5. The molecule has 2 aromatic rings. The minimum atomic E-state index is -0.646. The quantitative estimate of drug-likeness (QED) is 0.525. The Balaban J connectivity index is 2.02. The summed E-state index contributed by atoms with van der Waals surface area (Å²) in [7, 11) is 0. The number of nitrogens with zero attached hydrogens (tertiary/aromatic N) is 2. The molecule has 0 aliphatic rings. The predicted octanol–water partition coefficient (Wildman–Crippen LogP) is 3.35. The third kappa shape index (κ3) is 4.00. The van der Waals surface area contributed by atoms with E-state index in [1.165, 1.54) is 0 Å². The minimum Gasteiger partial charge on any atom is -0.425 e. The van der Waals surface area contributed by atoms with E-state index in [4.69, 9.17) is 10.5 Å². The van der Waals surface area contributed by atoms with Crippen molar-refractivity contribution >= 4 is 17.3 Å². The maximum Gasteiger partial charge on any atom is 0.328 e. The van der Waals surface area contributed by atoms with E-state index in [0.717, 1.165) is 5.69 Å². The molecule has 2 N–H and O–H groups in total. The smallest absolute Gasteiger partial charge is 0.328 e. The average molecular weight is 269 g/mol. The molecule has 2 rings (SSSR count). The summed E-state index contributed by atoms with van der Waals surface area (Å²) in [6, 6.07) is 15.5. The standard InChI is InChI=1S/C15H15N3O2/c1-11(16)15(19)20-14-9-7-13(8-10-14)18-17-12-5-3-2-4-6-12/h2-11H,16H2,1H3/b18-17+/t11-/m0/s1. The SMILES string of the molecule is C[C@H](N)C(=O)Oc1ccc(/N=N/c2ccccc2)cc1. The van der Waals surface area contributed by atoms with Gasteiger partial charge in [0.25, 0.3) is 0 Å². The lowest BCUT2D eigenvalue weighted by molar-refractivity contribution is -0.135. The van der Waals surface area contributed by atoms with Gasteiger partial charge < -0.3 is 10.5 Å². The normalized spacial score (nSPS) is 12.3. The molecule has 0 saturated heterocycles. The number of ether oxygens (including phenoxy) is 1. The Morgan fingerprint density at radius 3 is 2.10 bits per heavy atom. The van der Waals surface area contributed by atoms with Gasteiger partial charge in [0.15, 0.2) is 0 Å². The van der Waals surface area contributed by atoms with E-state index in [-0.39, 0.29) is 0 Å². The summed E-state index contributed by atoms with van der Waals surface area (Å²) in [5, 5.41) is 8.18. The number of hydrogen-bond donors (Lipinski definition) is 1. The lowest BCUT2D eigenvalue weighted by Gasteiger charge is -2.06. The molecule has 0 fully saturated rings. The van der Waals surface area contributed by atoms with Crippen LogP contribution >= 0.6 is 0 Å². The zero-order chi connectivity index (χ0) is 14.4. The lowest BCUT2D eigenvalue weighted by atomic mass is 10.3. The first-order chi connectivity index (χ1) is 9.65. The Bertz CT molecular complexity index is 592. The molecule has 1 atom stereocenters. The van der Waals surface area contributed by atoms with Crippen molar-refractivity contribution in [2.24, 2.45) is 16.0 Å². The Labute approximate surface area is 117 Å². The summed E-state index contributed by atoms with van der Waals surface area (Å²) in [4.78, 5) is 11.3. The molecular formula is C15H15N3O2. The maximum absolute atomic E-state index is 11.3. The van der Waals surface area contributed by atoms with E-state index in [1.807, 2.05) is 30.3 Å². The highest BCUT2D eigenvalue weighted by Crippen LogP contribution is 2.21. The van der Waals surface area contributed by atoms with E-state index < -0.39 is 12.0 Å². The number of benzene rings is 2. The molecule has 0 heterocycles. The molecule has 5 heteroatoms. The second-order valence-electron chi connectivity index (χ2n) is 4.24. The van der Waals surface area contributed by atoms with Gasteiger partial charge in [-0.15, -0.1) is 0 Å². The number of hydrogen-bond acceptors (Lipinski definition) is 5. The van der Waals surface area contributed by atoms with E-state index in [9.17, 15) is 4.79 Å². The Morgan fingerprint density at radius 1 is 1.00 bits per heavy atom. The fourth-order valence-electron chi connectivity index (χ4n) is 1.40. The molecular weight excluding hydrogens is 254 g/mol. The summed E-state index contributed by atoms with van der Waals surface area (Å²) in [6.07, 6.45) is 0. The second kappa shape index (κ2) is 6.58. The van der Waals surface area contributed by atoms with Crippen LogP contribution in [0.2, 0.25) is 0 Å². The molecule has 0 spiro atoms. The first-order valence-corrected chi connectivity index (χ1v) is 6.19. The van der Waals surface area contributed by atoms with Crippen molar-refractivity contribution in [1.82, 2.24) is 0 Å². The van der Waals surface area contributed by atoms with Crippen molar-refractivity contribution in [3.63, 3.8) is 0 Å². The third-order valence-electron chi connectivity index (χ3n) is 2.46. The van der Waals surface area contributed by atoms with Gasteiger partial charge in [0.1, 0.15) is 11.8 Å². The van der Waals surface area contributed by atoms with Crippen molar-refractivity contribution in [3.8, 4) is 5.75 Å². The van der Waals surface area contributed by atoms with Crippen molar-refractivity contribution in [3.05, 3.63) is 54.6 Å². The van der Waals surface area contributed by atoms with E-state index in [2.05, 4.69) is 10.2 Å². The molecule has 2 aromatic carbocycles. The van der Waals surface area contributed by atoms with Crippen LogP contribution in [-0.4, -0.2) is 12.0 Å². The van der Waals surface area contributed by atoms with Gasteiger partial charge in [0.05, 0.1) is 11.4 Å². The Kier molecular flexibility index (Phi) is 4.57. The molecule has 0 aliphatic carbocycles. The Morgan fingerprint density at radius 2 is 1.55 bits per heavy atom. The summed E-state index contributed by atoms with van der Waals surface area (Å²) >= 11 is 0. The number of esters is 1. The maximum atomic E-state index is 11.3. The second-order valence-corrected chi connectivity index (χ2v) is 4.24. The van der Waals surface area contributed by atoms with Gasteiger partial charge in [-0.2, -0.15) is 10.2 Å². The first-order valence-electron chi connectivity index (χ1n) is 6.19. The molecule has 0 saturated carbocycles. The zero-order valence-electron chi connectivity index (χ0n) is 11.1. The molecule has 0 bridgehead atoms. The highest BCUT2D eigenvalue weighted by Gasteiger charge is 2.09. The van der Waals surface area contributed by atoms with Crippen LogP contribution in [0.25, 0.3) is 0 Å². The monoisotopic (exact) mass is 269 g/mol. The summed E-state index contributed by atoms with van der Waals surface area (Å²) in [6.45, 7) is 1.57. The molecule has 20 heavy (non-hydrogen) atoms. The third-order valence-corrected chi connectivity index (χ3v) is 2.46. The number of azo groups is 1. The van der Waals surface area contributed by atoms with Crippen molar-refractivity contribution in [1.29, 1.82) is 0 Å². The fraction of sp³-hybridized carbons (Fsp3) is 0.133. The van der Waals surface area contributed by atoms with Gasteiger partial charge in [0, 0.05) is 0 Å². The highest BCUT2D eigenvalue weighted by molar-refractivity contribution is 5.77. The first kappa shape index (κ1) is 13.9. The van der Waals surface area contributed by atoms with Crippen LogP contribution in [0.4, 0.5) is 11.4 Å². The fourth-order valence-corrected chi connectivity index (χ4v) is 1.40. The minimum absolute atomic E-state index is 0.436. The van der Waals surface area contributed by atoms with Crippen LogP contribution < -0.4 is 10.5 Å². The van der Waals surface area contributed by atoms with Gasteiger partial charge in [-0.05, 0) is 43.3 Å². The number of carbonyl (C=O) groups is 1. The number of rotatable bonds is 4. The van der Waals surface area contributed by atoms with Crippen LogP contribution in [0, 0.1) is 0 Å². The van der Waals surface area contributed by atoms with Crippen LogP contribution in [-0.2, 0) is 4.79 Å². The van der Waals surface area contributed by atoms with Crippen LogP contribution in [0.15, 0.2) is 64.8 Å². The van der Waals surface area contributed by atoms with Gasteiger partial charge in [-0.25, -0.2) is 4.79 Å².